The van der Waals surface area contributed by atoms with E-state index in [9.17, 15) is 13.2 Å². The molecular formula is C14H13Cl2N3O3S. The van der Waals surface area contributed by atoms with E-state index < -0.39 is 16.6 Å². The van der Waals surface area contributed by atoms with E-state index in [-0.39, 0.29) is 28.4 Å². The lowest BCUT2D eigenvalue weighted by Crippen LogP contribution is -2.29. The second kappa shape index (κ2) is 7.16. The Morgan fingerprint density at radius 1 is 1.13 bits per heavy atom. The summed E-state index contributed by atoms with van der Waals surface area (Å²) < 4.78 is 23.2. The Morgan fingerprint density at radius 3 is 2.39 bits per heavy atom. The van der Waals surface area contributed by atoms with E-state index in [4.69, 9.17) is 34.3 Å². The van der Waals surface area contributed by atoms with Crippen molar-refractivity contribution in [1.82, 2.24) is 4.57 Å². The van der Waals surface area contributed by atoms with Gasteiger partial charge in [-0.2, -0.15) is 0 Å². The first kappa shape index (κ1) is 17.5. The zero-order valence-electron chi connectivity index (χ0n) is 11.8. The van der Waals surface area contributed by atoms with Gasteiger partial charge in [-0.25, -0.2) is 8.42 Å². The molecule has 0 spiro atoms. The number of aromatic nitrogens is 1. The molecule has 0 saturated carbocycles. The average molecular weight is 374 g/mol. The van der Waals surface area contributed by atoms with Gasteiger partial charge < -0.3 is 10.3 Å². The number of hydrogen-bond acceptors (Lipinski definition) is 4. The normalized spacial score (nSPS) is 10.9. The van der Waals surface area contributed by atoms with Gasteiger partial charge in [-0.15, -0.1) is 0 Å². The van der Waals surface area contributed by atoms with Crippen LogP contribution in [0.25, 0.3) is 0 Å². The van der Waals surface area contributed by atoms with Gasteiger partial charge in [-0.1, -0.05) is 29.3 Å². The molecule has 9 heteroatoms. The Bertz CT molecular complexity index is 899. The molecule has 0 aliphatic carbocycles. The number of carbonyl (C=O) groups is 1. The van der Waals surface area contributed by atoms with Crippen LogP contribution in [0.3, 0.4) is 0 Å². The molecule has 1 amide bonds. The second-order valence-corrected chi connectivity index (χ2v) is 6.73. The van der Waals surface area contributed by atoms with Crippen LogP contribution in [0.15, 0.2) is 30.5 Å². The largest absolute Gasteiger partial charge is 0.365 e. The van der Waals surface area contributed by atoms with Crippen LogP contribution in [0.4, 0.5) is 0 Å². The fourth-order valence-electron chi connectivity index (χ4n) is 2.17. The Morgan fingerprint density at radius 2 is 1.78 bits per heavy atom. The van der Waals surface area contributed by atoms with Crippen molar-refractivity contribution in [3.63, 3.8) is 0 Å². The Labute approximate surface area is 143 Å². The van der Waals surface area contributed by atoms with Crippen molar-refractivity contribution in [2.45, 2.75) is 12.3 Å². The summed E-state index contributed by atoms with van der Waals surface area (Å²) in [4.78, 5) is 11.3. The highest BCUT2D eigenvalue weighted by Gasteiger charge is 2.09. The van der Waals surface area contributed by atoms with Crippen LogP contribution in [0.1, 0.15) is 21.5 Å². The molecule has 1 aromatic heterocycles. The fourth-order valence-corrected chi connectivity index (χ4v) is 3.16. The SMILES string of the molecule is N=c1c(C(N)=O)cc(Cl)cn1Cc1cc(Cl)cc(C[SH](=O)=O)c1. The number of nitrogens with zero attached hydrogens (tertiary/aromatic N) is 1. The van der Waals surface area contributed by atoms with E-state index in [1.54, 1.807) is 18.2 Å². The molecule has 0 fully saturated rings. The predicted molar refractivity (Wildman–Crippen MR) is 88.4 cm³/mol. The highest BCUT2D eigenvalue weighted by molar-refractivity contribution is 7.71. The number of hydrogen-bond donors (Lipinski definition) is 3. The zero-order valence-corrected chi connectivity index (χ0v) is 14.2. The average Bonchev–Trinajstić information content (AvgIpc) is 2.40. The first-order valence-electron chi connectivity index (χ1n) is 6.41. The number of halogens is 2. The lowest BCUT2D eigenvalue weighted by atomic mass is 10.1. The first-order valence-corrected chi connectivity index (χ1v) is 8.52. The maximum Gasteiger partial charge on any atom is 0.252 e. The number of thiol groups is 1. The van der Waals surface area contributed by atoms with E-state index in [0.717, 1.165) is 0 Å². The number of rotatable bonds is 5. The fraction of sp³-hybridized carbons (Fsp3) is 0.143. The molecule has 0 aliphatic rings. The van der Waals surface area contributed by atoms with Gasteiger partial charge >= 0.3 is 0 Å². The van der Waals surface area contributed by atoms with Crippen LogP contribution in [-0.2, 0) is 23.0 Å². The zero-order chi connectivity index (χ0) is 17.1. The standard InChI is InChI=1S/C14H13Cl2N3O3S/c15-10-2-8(1-9(3-10)7-23(21)22)5-19-6-11(16)4-12(13(19)17)14(18)20/h1-4,6,17,23H,5,7H2,(H2,18,20). The predicted octanol–water partition coefficient (Wildman–Crippen LogP) is 1.53. The van der Waals surface area contributed by atoms with E-state index in [0.29, 0.717) is 16.1 Å². The molecule has 0 atom stereocenters. The molecule has 122 valence electrons. The van der Waals surface area contributed by atoms with Crippen LogP contribution in [0.5, 0.6) is 0 Å². The molecule has 2 aromatic rings. The first-order chi connectivity index (χ1) is 10.8. The molecule has 0 saturated heterocycles. The second-order valence-electron chi connectivity index (χ2n) is 4.87. The number of amides is 1. The van der Waals surface area contributed by atoms with Gasteiger partial charge in [0.05, 0.1) is 16.3 Å². The van der Waals surface area contributed by atoms with Crippen molar-refractivity contribution < 1.29 is 13.2 Å². The van der Waals surface area contributed by atoms with Crippen molar-refractivity contribution in [1.29, 1.82) is 5.41 Å². The molecular weight excluding hydrogens is 361 g/mol. The Hall–Kier alpha value is -1.83. The molecule has 2 rings (SSSR count). The third kappa shape index (κ3) is 4.57. The number of primary amides is 1. The van der Waals surface area contributed by atoms with E-state index in [2.05, 4.69) is 0 Å². The van der Waals surface area contributed by atoms with E-state index in [1.165, 1.54) is 16.8 Å². The molecule has 3 N–H and O–H groups in total. The number of benzene rings is 1. The summed E-state index contributed by atoms with van der Waals surface area (Å²) >= 11 is 11.9. The summed E-state index contributed by atoms with van der Waals surface area (Å²) in [7, 11) is -2.57. The summed E-state index contributed by atoms with van der Waals surface area (Å²) in [6.45, 7) is 0.197. The molecule has 6 nitrogen and oxygen atoms in total. The molecule has 1 heterocycles. The summed E-state index contributed by atoms with van der Waals surface area (Å²) in [5.41, 5.74) is 6.38. The van der Waals surface area contributed by atoms with Crippen LogP contribution < -0.4 is 11.2 Å². The summed E-state index contributed by atoms with van der Waals surface area (Å²) in [5.74, 6) is -0.870. The minimum absolute atomic E-state index is 0.00221. The third-order valence-corrected chi connectivity index (χ3v) is 4.10. The molecule has 0 radical (unpaired) electrons. The summed E-state index contributed by atoms with van der Waals surface area (Å²) in [5, 5.41) is 8.67. The molecule has 0 bridgehead atoms. The van der Waals surface area contributed by atoms with Gasteiger partial charge in [0.15, 0.2) is 0 Å². The maximum absolute atomic E-state index is 11.3. The van der Waals surface area contributed by atoms with Gasteiger partial charge in [-0.05, 0) is 29.3 Å². The molecule has 0 unspecified atom stereocenters. The van der Waals surface area contributed by atoms with Gasteiger partial charge in [0, 0.05) is 17.8 Å². The van der Waals surface area contributed by atoms with Crippen LogP contribution in [-0.4, -0.2) is 18.9 Å². The van der Waals surface area contributed by atoms with Crippen LogP contribution in [0, 0.1) is 5.41 Å². The highest BCUT2D eigenvalue weighted by atomic mass is 35.5. The van der Waals surface area contributed by atoms with Crippen molar-refractivity contribution >= 4 is 39.8 Å². The van der Waals surface area contributed by atoms with Crippen molar-refractivity contribution in [2.24, 2.45) is 5.73 Å². The van der Waals surface area contributed by atoms with Crippen molar-refractivity contribution in [3.05, 3.63) is 62.7 Å². The van der Waals surface area contributed by atoms with Gasteiger partial charge in [0.1, 0.15) is 16.2 Å². The minimum atomic E-state index is -2.57. The maximum atomic E-state index is 11.3. The van der Waals surface area contributed by atoms with E-state index in [1.807, 2.05) is 0 Å². The third-order valence-electron chi connectivity index (χ3n) is 3.05. The lowest BCUT2D eigenvalue weighted by Gasteiger charge is -2.11. The van der Waals surface area contributed by atoms with Crippen molar-refractivity contribution in [2.75, 3.05) is 0 Å². The van der Waals surface area contributed by atoms with Crippen molar-refractivity contribution in [3.8, 4) is 0 Å². The number of nitrogens with one attached hydrogen (secondary N) is 1. The number of carbonyl (C=O) groups excluding carboxylic acids is 1. The van der Waals surface area contributed by atoms with E-state index >= 15 is 0 Å². The number of pyridine rings is 1. The highest BCUT2D eigenvalue weighted by Crippen LogP contribution is 2.17. The Kier molecular flexibility index (Phi) is 5.46. The van der Waals surface area contributed by atoms with Gasteiger partial charge in [0.2, 0.25) is 0 Å². The van der Waals surface area contributed by atoms with Crippen LogP contribution >= 0.6 is 23.2 Å². The quantitative estimate of drug-likeness (QED) is 0.691. The monoisotopic (exact) mass is 373 g/mol. The molecule has 0 aliphatic heterocycles. The molecule has 1 aromatic carbocycles. The summed E-state index contributed by atoms with van der Waals surface area (Å²) in [6.07, 6.45) is 1.49. The van der Waals surface area contributed by atoms with Gasteiger partial charge in [0.25, 0.3) is 5.91 Å². The summed E-state index contributed by atoms with van der Waals surface area (Å²) in [6, 6.07) is 6.22. The van der Waals surface area contributed by atoms with Gasteiger partial charge in [-0.3, -0.25) is 10.2 Å². The topological polar surface area (TPSA) is 106 Å². The number of nitrogens with two attached hydrogens (primary N) is 1. The minimum Gasteiger partial charge on any atom is -0.365 e. The molecule has 23 heavy (non-hydrogen) atoms. The van der Waals surface area contributed by atoms with Crippen LogP contribution in [0.2, 0.25) is 10.0 Å². The Balaban J connectivity index is 2.45. The smallest absolute Gasteiger partial charge is 0.252 e. The lowest BCUT2D eigenvalue weighted by molar-refractivity contribution is 0.0997.